The topological polar surface area (TPSA) is 142 Å². The van der Waals surface area contributed by atoms with Crippen molar-refractivity contribution in [3.8, 4) is 11.5 Å². The van der Waals surface area contributed by atoms with Gasteiger partial charge in [0.2, 0.25) is 0 Å². The van der Waals surface area contributed by atoms with E-state index in [1.54, 1.807) is 12.1 Å². The summed E-state index contributed by atoms with van der Waals surface area (Å²) in [5, 5.41) is 16.1. The molecular formula is C40H54N2O7S. The van der Waals surface area contributed by atoms with Gasteiger partial charge in [-0.2, -0.15) is 8.42 Å². The minimum atomic E-state index is -4.49. The minimum absolute atomic E-state index is 0.0322. The summed E-state index contributed by atoms with van der Waals surface area (Å²) in [5.74, 6) is 4.84. The number of rotatable bonds is 2. The number of Topliss-reactive ketones (excluding diaryl/α,β-unsaturated/α-hetero) is 2. The van der Waals surface area contributed by atoms with Crippen LogP contribution in [0, 0.1) is 34.5 Å². The van der Waals surface area contributed by atoms with E-state index in [-0.39, 0.29) is 16.6 Å². The zero-order valence-electron chi connectivity index (χ0n) is 29.6. The average Bonchev–Trinajstić information content (AvgIpc) is 3.58. The summed E-state index contributed by atoms with van der Waals surface area (Å²) < 4.78 is 35.2. The van der Waals surface area contributed by atoms with E-state index in [0.29, 0.717) is 52.8 Å². The number of carbonyl (C=O) groups excluding carboxylic acids is 2. The van der Waals surface area contributed by atoms with Crippen LogP contribution in [0.25, 0.3) is 0 Å². The lowest BCUT2D eigenvalue weighted by atomic mass is 9.55. The number of phenolic OH excluding ortho intramolecular Hbond substituents is 1. The van der Waals surface area contributed by atoms with Gasteiger partial charge in [-0.05, 0) is 146 Å². The first-order chi connectivity index (χ1) is 23.9. The van der Waals surface area contributed by atoms with Crippen molar-refractivity contribution in [2.45, 2.75) is 103 Å². The molecule has 1 heterocycles. The lowest BCUT2D eigenvalue weighted by molar-refractivity contribution is -0.130. The maximum Gasteiger partial charge on any atom is 0.446 e. The van der Waals surface area contributed by atoms with E-state index in [4.69, 9.17) is 4.55 Å². The van der Waals surface area contributed by atoms with Gasteiger partial charge in [0.1, 0.15) is 23.1 Å². The molecule has 0 bridgehead atoms. The minimum Gasteiger partial charge on any atom is -0.508 e. The van der Waals surface area contributed by atoms with Crippen molar-refractivity contribution in [3.05, 3.63) is 58.7 Å². The van der Waals surface area contributed by atoms with Gasteiger partial charge < -0.3 is 19.9 Å². The molecule has 4 saturated carbocycles. The molecule has 2 aromatic rings. The van der Waals surface area contributed by atoms with Crippen LogP contribution in [0.15, 0.2) is 36.4 Å². The van der Waals surface area contributed by atoms with E-state index < -0.39 is 10.4 Å². The van der Waals surface area contributed by atoms with E-state index >= 15 is 0 Å². The van der Waals surface area contributed by atoms with Gasteiger partial charge in [-0.1, -0.05) is 26.0 Å². The molecule has 0 spiro atoms. The number of phenols is 1. The first kappa shape index (κ1) is 35.6. The molecule has 0 radical (unpaired) electrons. The number of aromatic hydroxyl groups is 1. The summed E-state index contributed by atoms with van der Waals surface area (Å²) in [6.45, 7) is 8.93. The summed E-state index contributed by atoms with van der Waals surface area (Å²) in [5.41, 5.74) is 4.97. The summed E-state index contributed by atoms with van der Waals surface area (Å²) in [7, 11) is -4.49. The van der Waals surface area contributed by atoms with Gasteiger partial charge in [0.15, 0.2) is 0 Å². The fourth-order valence-corrected chi connectivity index (χ4v) is 11.8. The lowest BCUT2D eigenvalue weighted by Crippen LogP contribution is -2.42. The molecule has 0 aromatic heterocycles. The highest BCUT2D eigenvalue weighted by Crippen LogP contribution is 2.61. The van der Waals surface area contributed by atoms with Crippen molar-refractivity contribution in [1.29, 1.82) is 0 Å². The normalized spacial score (nSPS) is 35.3. The van der Waals surface area contributed by atoms with Crippen molar-refractivity contribution >= 4 is 22.0 Å². The molecule has 5 fully saturated rings. The largest absolute Gasteiger partial charge is 0.508 e. The maximum atomic E-state index is 12.3. The third kappa shape index (κ3) is 6.77. The van der Waals surface area contributed by atoms with E-state index in [0.717, 1.165) is 102 Å². The summed E-state index contributed by atoms with van der Waals surface area (Å²) in [6, 6.07) is 11.2. The Morgan fingerprint density at radius 1 is 0.680 bits per heavy atom. The highest BCUT2D eigenvalue weighted by atomic mass is 32.3. The highest BCUT2D eigenvalue weighted by molar-refractivity contribution is 7.81. The SMILES string of the molecule is C1CNCCN1.C[C@]12CC[C@@H]3c4ccc(O)cc4CC[C@H]3[C@@H]1CCC2=O.C[C@]12CC[C@@H]3c4ccc(OS(=O)(=O)O)cc4CC[C@H]3[C@@H]1CCC2=O. The molecule has 0 unspecified atom stereocenters. The smallest absolute Gasteiger partial charge is 0.446 e. The van der Waals surface area contributed by atoms with Crippen LogP contribution in [0.3, 0.4) is 0 Å². The number of fused-ring (bicyclic) bond motifs is 10. The van der Waals surface area contributed by atoms with Gasteiger partial charge in [-0.25, -0.2) is 0 Å². The second kappa shape index (κ2) is 14.0. The Morgan fingerprint density at radius 2 is 1.16 bits per heavy atom. The summed E-state index contributed by atoms with van der Waals surface area (Å²) in [6.07, 6.45) is 11.9. The van der Waals surface area contributed by atoms with Crippen LogP contribution in [0.1, 0.15) is 112 Å². The van der Waals surface area contributed by atoms with Gasteiger partial charge in [-0.15, -0.1) is 0 Å². The standard InChI is InChI=1S/C18H22O5S.C18H22O2.C4H10N2/c1-18-9-8-14-13-5-3-12(23-24(20,21)22)10-11(13)2-4-15(14)16(18)6-7-17(18)19;1-18-9-8-14-13-5-3-12(19)10-11(13)2-4-15(14)16(18)6-7-17(18)20;1-2-6-4-3-5-1/h3,5,10,14-16H,2,4,6-9H2,1H3,(H,20,21,22);3,5,10,14-16,19H,2,4,6-9H2,1H3;5-6H,1-4H2/t2*14-,15-,16+,18+;/m11./s1. The Bertz CT molecular complexity index is 1710. The molecule has 4 N–H and O–H groups in total. The molecule has 7 aliphatic rings. The van der Waals surface area contributed by atoms with Crippen molar-refractivity contribution in [3.63, 3.8) is 0 Å². The van der Waals surface area contributed by atoms with Crippen LogP contribution in [-0.2, 0) is 32.8 Å². The number of nitrogens with one attached hydrogen (secondary N) is 2. The molecule has 1 saturated heterocycles. The number of carbonyl (C=O) groups is 2. The molecular weight excluding hydrogens is 653 g/mol. The quantitative estimate of drug-likeness (QED) is 0.265. The molecule has 272 valence electrons. The maximum absolute atomic E-state index is 12.3. The van der Waals surface area contributed by atoms with Crippen molar-refractivity contribution in [1.82, 2.24) is 10.6 Å². The van der Waals surface area contributed by atoms with E-state index in [1.165, 1.54) is 23.1 Å². The number of ketones is 2. The van der Waals surface area contributed by atoms with Crippen molar-refractivity contribution in [2.24, 2.45) is 34.5 Å². The van der Waals surface area contributed by atoms with E-state index in [2.05, 4.69) is 34.7 Å². The van der Waals surface area contributed by atoms with Gasteiger partial charge in [-0.3, -0.25) is 14.1 Å². The zero-order chi connectivity index (χ0) is 35.3. The van der Waals surface area contributed by atoms with E-state index in [9.17, 15) is 23.1 Å². The summed E-state index contributed by atoms with van der Waals surface area (Å²) in [4.78, 5) is 24.6. The third-order valence-electron chi connectivity index (χ3n) is 14.0. The number of aryl methyl sites for hydroxylation is 2. The molecule has 9 nitrogen and oxygen atoms in total. The van der Waals surface area contributed by atoms with Crippen LogP contribution in [0.5, 0.6) is 11.5 Å². The Morgan fingerprint density at radius 3 is 1.64 bits per heavy atom. The van der Waals surface area contributed by atoms with Crippen molar-refractivity contribution < 1.29 is 31.8 Å². The molecule has 10 heteroatoms. The number of benzene rings is 2. The average molecular weight is 707 g/mol. The van der Waals surface area contributed by atoms with Crippen molar-refractivity contribution in [2.75, 3.05) is 26.2 Å². The zero-order valence-corrected chi connectivity index (χ0v) is 30.4. The fraction of sp³-hybridized carbons (Fsp3) is 0.650. The van der Waals surface area contributed by atoms with Crippen LogP contribution in [0.4, 0.5) is 0 Å². The molecule has 0 amide bonds. The Hall–Kier alpha value is -2.79. The summed E-state index contributed by atoms with van der Waals surface area (Å²) >= 11 is 0. The first-order valence-electron chi connectivity index (χ1n) is 19.0. The predicted molar refractivity (Wildman–Crippen MR) is 192 cm³/mol. The number of hydrogen-bond acceptors (Lipinski definition) is 8. The molecule has 9 rings (SSSR count). The Labute approximate surface area is 297 Å². The highest BCUT2D eigenvalue weighted by Gasteiger charge is 2.55. The van der Waals surface area contributed by atoms with Gasteiger partial charge in [0, 0.05) is 49.9 Å². The monoisotopic (exact) mass is 706 g/mol. The number of hydrogen-bond donors (Lipinski definition) is 4. The van der Waals surface area contributed by atoms with Gasteiger partial charge >= 0.3 is 10.4 Å². The molecule has 50 heavy (non-hydrogen) atoms. The second-order valence-corrected chi connectivity index (χ2v) is 17.4. The van der Waals surface area contributed by atoms with Gasteiger partial charge in [0.05, 0.1) is 0 Å². The van der Waals surface area contributed by atoms with E-state index in [1.807, 2.05) is 18.2 Å². The lowest BCUT2D eigenvalue weighted by Gasteiger charge is -2.48. The second-order valence-electron chi connectivity index (χ2n) is 16.4. The fourth-order valence-electron chi connectivity index (χ4n) is 11.4. The van der Waals surface area contributed by atoms with Gasteiger partial charge in [0.25, 0.3) is 0 Å². The molecule has 6 aliphatic carbocycles. The third-order valence-corrected chi connectivity index (χ3v) is 14.4. The number of piperazine rings is 1. The predicted octanol–water partition coefficient (Wildman–Crippen LogP) is 6.29. The van der Waals surface area contributed by atoms with Crippen LogP contribution in [0.2, 0.25) is 0 Å². The molecule has 8 atom stereocenters. The van der Waals surface area contributed by atoms with Crippen LogP contribution >= 0.6 is 0 Å². The molecule has 2 aromatic carbocycles. The van der Waals surface area contributed by atoms with Crippen LogP contribution < -0.4 is 14.8 Å². The van der Waals surface area contributed by atoms with Crippen LogP contribution in [-0.4, -0.2) is 55.8 Å². The Kier molecular flexibility index (Phi) is 9.95. The Balaban J connectivity index is 0.000000136. The molecule has 1 aliphatic heterocycles. The first-order valence-corrected chi connectivity index (χ1v) is 20.3.